The normalized spacial score (nSPS) is 18.0. The summed E-state index contributed by atoms with van der Waals surface area (Å²) in [6, 6.07) is 1.26. The molecular formula is C17H20N8O4. The number of hydrogen-bond donors (Lipinski definition) is 3. The molecule has 2 unspecified atom stereocenters. The highest BCUT2D eigenvalue weighted by atomic mass is 16.5. The molecule has 12 heteroatoms. The third-order valence-electron chi connectivity index (χ3n) is 4.83. The van der Waals surface area contributed by atoms with Crippen molar-refractivity contribution in [1.82, 2.24) is 40.2 Å². The summed E-state index contributed by atoms with van der Waals surface area (Å²) in [5.41, 5.74) is 0.405. The fourth-order valence-electron chi connectivity index (χ4n) is 3.21. The minimum Gasteiger partial charge on any atom is -0.372 e. The van der Waals surface area contributed by atoms with Crippen molar-refractivity contribution in [3.05, 3.63) is 40.8 Å². The van der Waals surface area contributed by atoms with Gasteiger partial charge < -0.3 is 19.9 Å². The summed E-state index contributed by atoms with van der Waals surface area (Å²) in [6.07, 6.45) is 3.82. The van der Waals surface area contributed by atoms with E-state index in [9.17, 15) is 14.4 Å². The maximum absolute atomic E-state index is 12.8. The van der Waals surface area contributed by atoms with Crippen molar-refractivity contribution < 1.29 is 14.3 Å². The van der Waals surface area contributed by atoms with Gasteiger partial charge in [-0.1, -0.05) is 0 Å². The molecule has 4 rings (SSSR count). The van der Waals surface area contributed by atoms with Crippen LogP contribution < -0.4 is 10.9 Å². The Bertz CT molecular complexity index is 1070. The molecule has 0 aromatic carbocycles. The number of carbonyl (C=O) groups excluding carboxylic acids is 2. The second-order valence-corrected chi connectivity index (χ2v) is 6.75. The Morgan fingerprint density at radius 3 is 3.10 bits per heavy atom. The third kappa shape index (κ3) is 3.87. The van der Waals surface area contributed by atoms with E-state index in [1.165, 1.54) is 23.4 Å². The Balaban J connectivity index is 1.39. The summed E-state index contributed by atoms with van der Waals surface area (Å²) in [5, 5.41) is 13.6. The monoisotopic (exact) mass is 400 g/mol. The van der Waals surface area contributed by atoms with Gasteiger partial charge in [-0.05, 0) is 13.0 Å². The van der Waals surface area contributed by atoms with E-state index in [0.29, 0.717) is 36.4 Å². The van der Waals surface area contributed by atoms with Crippen LogP contribution in [0.2, 0.25) is 0 Å². The summed E-state index contributed by atoms with van der Waals surface area (Å²) in [7, 11) is 0. The van der Waals surface area contributed by atoms with E-state index in [2.05, 4.69) is 30.6 Å². The second-order valence-electron chi connectivity index (χ2n) is 6.75. The zero-order valence-electron chi connectivity index (χ0n) is 15.7. The first-order valence-electron chi connectivity index (χ1n) is 9.11. The fraction of sp³-hybridized carbons (Fsp3) is 0.412. The van der Waals surface area contributed by atoms with Gasteiger partial charge >= 0.3 is 0 Å². The van der Waals surface area contributed by atoms with E-state index in [1.807, 2.05) is 6.92 Å². The van der Waals surface area contributed by atoms with Crippen molar-refractivity contribution in [2.24, 2.45) is 0 Å². The number of morpholine rings is 1. The van der Waals surface area contributed by atoms with Gasteiger partial charge in [-0.2, -0.15) is 10.2 Å². The van der Waals surface area contributed by atoms with E-state index in [1.54, 1.807) is 11.0 Å². The second kappa shape index (κ2) is 7.83. The Hall–Kier alpha value is -3.54. The maximum Gasteiger partial charge on any atom is 0.269 e. The molecule has 29 heavy (non-hydrogen) atoms. The van der Waals surface area contributed by atoms with Gasteiger partial charge in [-0.15, -0.1) is 0 Å². The van der Waals surface area contributed by atoms with E-state index in [-0.39, 0.29) is 36.1 Å². The fourth-order valence-corrected chi connectivity index (χ4v) is 3.21. The Morgan fingerprint density at radius 2 is 2.31 bits per heavy atom. The van der Waals surface area contributed by atoms with E-state index in [0.717, 1.165) is 0 Å². The average Bonchev–Trinajstić information content (AvgIpc) is 3.39. The topological polar surface area (TPSA) is 151 Å². The number of nitrogens with zero attached hydrogens (tertiary/aromatic N) is 5. The zero-order valence-corrected chi connectivity index (χ0v) is 15.7. The summed E-state index contributed by atoms with van der Waals surface area (Å²) < 4.78 is 7.15. The predicted octanol–water partition coefficient (Wildman–Crippen LogP) is -1.11. The Kier molecular flexibility index (Phi) is 5.08. The summed E-state index contributed by atoms with van der Waals surface area (Å²) in [6.45, 7) is 2.91. The number of amides is 2. The van der Waals surface area contributed by atoms with Crippen LogP contribution in [0.1, 0.15) is 17.4 Å². The van der Waals surface area contributed by atoms with Crippen molar-refractivity contribution in [2.75, 3.05) is 19.7 Å². The molecule has 0 bridgehead atoms. The number of carbonyl (C=O) groups is 2. The van der Waals surface area contributed by atoms with Gasteiger partial charge in [0, 0.05) is 19.3 Å². The lowest BCUT2D eigenvalue weighted by molar-refractivity contribution is -0.140. The SMILES string of the molecule is CC(NC(=O)c1ccn[nH]1)C1CN(C(=O)Cn2ncc3c(=O)[nH]cnc32)CCO1. The van der Waals surface area contributed by atoms with Gasteiger partial charge in [0.25, 0.3) is 11.5 Å². The van der Waals surface area contributed by atoms with Crippen LogP contribution in [0.4, 0.5) is 0 Å². The van der Waals surface area contributed by atoms with Crippen LogP contribution in [0.25, 0.3) is 11.0 Å². The van der Waals surface area contributed by atoms with Crippen LogP contribution in [-0.4, -0.2) is 78.5 Å². The number of hydrogen-bond acceptors (Lipinski definition) is 7. The number of aromatic amines is 2. The number of aromatic nitrogens is 6. The predicted molar refractivity (Wildman–Crippen MR) is 100.0 cm³/mol. The van der Waals surface area contributed by atoms with E-state index < -0.39 is 0 Å². The molecule has 1 fully saturated rings. The number of ether oxygens (including phenoxy) is 1. The Labute approximate surface area is 164 Å². The molecule has 1 aliphatic heterocycles. The summed E-state index contributed by atoms with van der Waals surface area (Å²) in [5.74, 6) is -0.459. The van der Waals surface area contributed by atoms with Crippen molar-refractivity contribution in [3.8, 4) is 0 Å². The first-order valence-corrected chi connectivity index (χ1v) is 9.11. The zero-order chi connectivity index (χ0) is 20.4. The van der Waals surface area contributed by atoms with Gasteiger partial charge in [-0.25, -0.2) is 9.67 Å². The minimum atomic E-state index is -0.352. The van der Waals surface area contributed by atoms with Gasteiger partial charge in [0.2, 0.25) is 5.91 Å². The molecular weight excluding hydrogens is 380 g/mol. The molecule has 2 amide bonds. The van der Waals surface area contributed by atoms with E-state index >= 15 is 0 Å². The molecule has 0 spiro atoms. The highest BCUT2D eigenvalue weighted by Crippen LogP contribution is 2.12. The van der Waals surface area contributed by atoms with Crippen LogP contribution >= 0.6 is 0 Å². The quantitative estimate of drug-likeness (QED) is 0.491. The lowest BCUT2D eigenvalue weighted by Gasteiger charge is -2.36. The van der Waals surface area contributed by atoms with Gasteiger partial charge in [0.1, 0.15) is 17.6 Å². The number of rotatable bonds is 5. The van der Waals surface area contributed by atoms with Crippen molar-refractivity contribution in [3.63, 3.8) is 0 Å². The first kappa shape index (κ1) is 18.8. The maximum atomic E-state index is 12.8. The molecule has 12 nitrogen and oxygen atoms in total. The first-order chi connectivity index (χ1) is 14.0. The molecule has 0 saturated carbocycles. The molecule has 3 aromatic heterocycles. The molecule has 3 N–H and O–H groups in total. The molecule has 4 heterocycles. The van der Waals surface area contributed by atoms with Crippen LogP contribution in [0.5, 0.6) is 0 Å². The largest absolute Gasteiger partial charge is 0.372 e. The smallest absolute Gasteiger partial charge is 0.269 e. The molecule has 0 aliphatic carbocycles. The van der Waals surface area contributed by atoms with E-state index in [4.69, 9.17) is 4.74 Å². The summed E-state index contributed by atoms with van der Waals surface area (Å²) >= 11 is 0. The lowest BCUT2D eigenvalue weighted by Crippen LogP contribution is -2.54. The van der Waals surface area contributed by atoms with Gasteiger partial charge in [0.05, 0.1) is 31.3 Å². The average molecular weight is 400 g/mol. The van der Waals surface area contributed by atoms with Gasteiger partial charge in [0.15, 0.2) is 5.65 Å². The minimum absolute atomic E-state index is 0.0401. The summed E-state index contributed by atoms with van der Waals surface area (Å²) in [4.78, 5) is 44.9. The lowest BCUT2D eigenvalue weighted by atomic mass is 10.1. The molecule has 1 saturated heterocycles. The Morgan fingerprint density at radius 1 is 1.45 bits per heavy atom. The standard InChI is InChI=1S/C17H20N8O4/c1-10(22-17(28)12-2-3-20-23-12)13-7-24(4-5-29-13)14(26)8-25-15-11(6-21-25)16(27)19-9-18-15/h2-3,6,9-10,13H,4-5,7-8H2,1H3,(H,20,23)(H,22,28)(H,18,19,27). The number of fused-ring (bicyclic) bond motifs is 1. The molecule has 1 aliphatic rings. The van der Waals surface area contributed by atoms with Gasteiger partial charge in [-0.3, -0.25) is 19.5 Å². The van der Waals surface area contributed by atoms with Crippen LogP contribution in [0.3, 0.4) is 0 Å². The van der Waals surface area contributed by atoms with Crippen LogP contribution in [0.15, 0.2) is 29.6 Å². The van der Waals surface area contributed by atoms with Crippen LogP contribution in [0, 0.1) is 0 Å². The molecule has 152 valence electrons. The molecule has 2 atom stereocenters. The molecule has 3 aromatic rings. The molecule has 0 radical (unpaired) electrons. The van der Waals surface area contributed by atoms with Crippen LogP contribution in [-0.2, 0) is 16.1 Å². The van der Waals surface area contributed by atoms with Crippen molar-refractivity contribution in [2.45, 2.75) is 25.6 Å². The van der Waals surface area contributed by atoms with Crippen molar-refractivity contribution >= 4 is 22.8 Å². The number of nitrogens with one attached hydrogen (secondary N) is 3. The van der Waals surface area contributed by atoms with Crippen molar-refractivity contribution in [1.29, 1.82) is 0 Å². The highest BCUT2D eigenvalue weighted by molar-refractivity contribution is 5.92. The third-order valence-corrected chi connectivity index (χ3v) is 4.83. The number of H-pyrrole nitrogens is 2. The highest BCUT2D eigenvalue weighted by Gasteiger charge is 2.29.